The van der Waals surface area contributed by atoms with Crippen molar-refractivity contribution in [3.05, 3.63) is 64.1 Å². The van der Waals surface area contributed by atoms with Gasteiger partial charge >= 0.3 is 0 Å². The Labute approximate surface area is 148 Å². The quantitative estimate of drug-likeness (QED) is 0.713. The maximum Gasteiger partial charge on any atom is 0.250 e. The van der Waals surface area contributed by atoms with Crippen LogP contribution >= 0.6 is 0 Å². The van der Waals surface area contributed by atoms with E-state index in [0.29, 0.717) is 26.1 Å². The van der Waals surface area contributed by atoms with Crippen LogP contribution in [0.15, 0.2) is 47.4 Å². The lowest BCUT2D eigenvalue weighted by Crippen LogP contribution is -2.26. The Bertz CT molecular complexity index is 753. The molecule has 0 radical (unpaired) electrons. The normalized spacial score (nSPS) is 10.5. The number of amides is 1. The molecule has 5 heteroatoms. The molecular formula is C20H26N2O3. The summed E-state index contributed by atoms with van der Waals surface area (Å²) in [4.78, 5) is 23.4. The predicted molar refractivity (Wildman–Crippen MR) is 99.0 cm³/mol. The molecule has 134 valence electrons. The van der Waals surface area contributed by atoms with Crippen molar-refractivity contribution in [3.63, 3.8) is 0 Å². The van der Waals surface area contributed by atoms with Gasteiger partial charge in [-0.05, 0) is 49.9 Å². The van der Waals surface area contributed by atoms with Crippen LogP contribution in [0.4, 0.5) is 0 Å². The third-order valence-corrected chi connectivity index (χ3v) is 3.98. The van der Waals surface area contributed by atoms with E-state index in [0.717, 1.165) is 29.7 Å². The predicted octanol–water partition coefficient (Wildman–Crippen LogP) is 2.83. The van der Waals surface area contributed by atoms with Gasteiger partial charge in [-0.25, -0.2) is 0 Å². The monoisotopic (exact) mass is 342 g/mol. The summed E-state index contributed by atoms with van der Waals surface area (Å²) in [6.45, 7) is 5.67. The van der Waals surface area contributed by atoms with Crippen LogP contribution in [0.3, 0.4) is 0 Å². The van der Waals surface area contributed by atoms with Crippen molar-refractivity contribution in [2.45, 2.75) is 39.7 Å². The summed E-state index contributed by atoms with van der Waals surface area (Å²) in [7, 11) is 0. The summed E-state index contributed by atoms with van der Waals surface area (Å²) in [5.74, 6) is 0.822. The number of benzene rings is 1. The highest BCUT2D eigenvalue weighted by Gasteiger charge is 2.04. The second-order valence-corrected chi connectivity index (χ2v) is 6.16. The molecular weight excluding hydrogens is 316 g/mol. The topological polar surface area (TPSA) is 60.3 Å². The molecule has 1 amide bonds. The van der Waals surface area contributed by atoms with Crippen LogP contribution < -0.4 is 15.6 Å². The Morgan fingerprint density at radius 2 is 2.00 bits per heavy atom. The number of aromatic nitrogens is 1. The van der Waals surface area contributed by atoms with E-state index in [9.17, 15) is 9.59 Å². The molecule has 0 saturated heterocycles. The van der Waals surface area contributed by atoms with Gasteiger partial charge in [0.05, 0.1) is 13.0 Å². The number of hydrogen-bond acceptors (Lipinski definition) is 3. The van der Waals surface area contributed by atoms with Gasteiger partial charge in [-0.1, -0.05) is 18.2 Å². The molecule has 0 bridgehead atoms. The largest absolute Gasteiger partial charge is 0.493 e. The van der Waals surface area contributed by atoms with E-state index in [1.54, 1.807) is 22.9 Å². The molecule has 2 rings (SSSR count). The zero-order valence-corrected chi connectivity index (χ0v) is 15.0. The average molecular weight is 342 g/mol. The number of unbranched alkanes of at least 4 members (excludes halogenated alkanes) is 1. The van der Waals surface area contributed by atoms with Crippen LogP contribution in [0.5, 0.6) is 5.75 Å². The number of hydrogen-bond donors (Lipinski definition) is 1. The first-order chi connectivity index (χ1) is 12.1. The highest BCUT2D eigenvalue weighted by atomic mass is 16.5. The van der Waals surface area contributed by atoms with E-state index >= 15 is 0 Å². The van der Waals surface area contributed by atoms with E-state index in [-0.39, 0.29) is 11.5 Å². The van der Waals surface area contributed by atoms with Crippen LogP contribution in [-0.4, -0.2) is 23.6 Å². The fraction of sp³-hybridized carbons (Fsp3) is 0.400. The lowest BCUT2D eigenvalue weighted by molar-refractivity contribution is -0.121. The minimum atomic E-state index is -0.0119. The molecule has 1 aromatic heterocycles. The first-order valence-corrected chi connectivity index (χ1v) is 8.68. The van der Waals surface area contributed by atoms with Gasteiger partial charge in [-0.15, -0.1) is 0 Å². The number of ether oxygens (including phenoxy) is 1. The molecule has 0 unspecified atom stereocenters. The fourth-order valence-electron chi connectivity index (χ4n) is 2.49. The molecule has 1 heterocycles. The van der Waals surface area contributed by atoms with Gasteiger partial charge in [-0.3, -0.25) is 9.59 Å². The molecule has 0 spiro atoms. The number of nitrogens with zero attached hydrogens (tertiary/aromatic N) is 1. The molecule has 2 aromatic rings. The van der Waals surface area contributed by atoms with Crippen LogP contribution in [0.1, 0.15) is 30.4 Å². The molecule has 0 aliphatic heterocycles. The standard InChI is InChI=1S/C20H26N2O3/c1-16-8-9-17(2)18(15-16)25-14-10-19(23)21-11-4-6-13-22-12-5-3-7-20(22)24/h3,5,7-9,12,15H,4,6,10-11,13-14H2,1-2H3,(H,21,23). The molecule has 0 atom stereocenters. The minimum absolute atomic E-state index is 0.00938. The molecule has 0 aliphatic rings. The van der Waals surface area contributed by atoms with Gasteiger partial charge < -0.3 is 14.6 Å². The Hall–Kier alpha value is -2.56. The van der Waals surface area contributed by atoms with Crippen molar-refractivity contribution in [2.24, 2.45) is 0 Å². The third kappa shape index (κ3) is 6.45. The zero-order chi connectivity index (χ0) is 18.1. The van der Waals surface area contributed by atoms with Gasteiger partial charge in [-0.2, -0.15) is 0 Å². The van der Waals surface area contributed by atoms with Crippen molar-refractivity contribution >= 4 is 5.91 Å². The number of carbonyl (C=O) groups excluding carboxylic acids is 1. The maximum atomic E-state index is 11.8. The number of carbonyl (C=O) groups is 1. The molecule has 25 heavy (non-hydrogen) atoms. The van der Waals surface area contributed by atoms with Crippen molar-refractivity contribution in [1.29, 1.82) is 0 Å². The minimum Gasteiger partial charge on any atom is -0.493 e. The van der Waals surface area contributed by atoms with Crippen LogP contribution in [-0.2, 0) is 11.3 Å². The first-order valence-electron chi connectivity index (χ1n) is 8.68. The highest BCUT2D eigenvalue weighted by molar-refractivity contribution is 5.75. The van der Waals surface area contributed by atoms with Crippen molar-refractivity contribution in [3.8, 4) is 5.75 Å². The SMILES string of the molecule is Cc1ccc(C)c(OCCC(=O)NCCCCn2ccccc2=O)c1. The highest BCUT2D eigenvalue weighted by Crippen LogP contribution is 2.19. The molecule has 0 saturated carbocycles. The Morgan fingerprint density at radius 3 is 2.80 bits per heavy atom. The molecule has 5 nitrogen and oxygen atoms in total. The van der Waals surface area contributed by atoms with Crippen LogP contribution in [0, 0.1) is 13.8 Å². The summed E-state index contributed by atoms with van der Waals surface area (Å²) in [6.07, 6.45) is 3.81. The van der Waals surface area contributed by atoms with E-state index in [1.807, 2.05) is 38.1 Å². The van der Waals surface area contributed by atoms with Crippen molar-refractivity contribution in [2.75, 3.05) is 13.2 Å². The van der Waals surface area contributed by atoms with Crippen molar-refractivity contribution < 1.29 is 9.53 Å². The zero-order valence-electron chi connectivity index (χ0n) is 15.0. The van der Waals surface area contributed by atoms with Gasteiger partial charge in [0.25, 0.3) is 0 Å². The van der Waals surface area contributed by atoms with Gasteiger partial charge in [0.2, 0.25) is 11.5 Å². The third-order valence-electron chi connectivity index (χ3n) is 3.98. The lowest BCUT2D eigenvalue weighted by atomic mass is 10.1. The summed E-state index contributed by atoms with van der Waals surface area (Å²) in [5.41, 5.74) is 2.22. The van der Waals surface area contributed by atoms with E-state index in [4.69, 9.17) is 4.74 Å². The molecule has 0 fully saturated rings. The Balaban J connectivity index is 1.59. The summed E-state index contributed by atoms with van der Waals surface area (Å²) in [6, 6.07) is 11.2. The van der Waals surface area contributed by atoms with E-state index < -0.39 is 0 Å². The lowest BCUT2D eigenvalue weighted by Gasteiger charge is -2.10. The second-order valence-electron chi connectivity index (χ2n) is 6.16. The summed E-state index contributed by atoms with van der Waals surface area (Å²) in [5, 5.41) is 2.89. The molecule has 1 N–H and O–H groups in total. The van der Waals surface area contributed by atoms with Crippen molar-refractivity contribution in [1.82, 2.24) is 9.88 Å². The molecule has 1 aromatic carbocycles. The Morgan fingerprint density at radius 1 is 1.16 bits per heavy atom. The first kappa shape index (κ1) is 18.8. The smallest absolute Gasteiger partial charge is 0.250 e. The van der Waals surface area contributed by atoms with Gasteiger partial charge in [0.15, 0.2) is 0 Å². The van der Waals surface area contributed by atoms with Crippen LogP contribution in [0.25, 0.3) is 0 Å². The van der Waals surface area contributed by atoms with Gasteiger partial charge in [0.1, 0.15) is 5.75 Å². The fourth-order valence-corrected chi connectivity index (χ4v) is 2.49. The summed E-state index contributed by atoms with van der Waals surface area (Å²) >= 11 is 0. The van der Waals surface area contributed by atoms with E-state index in [2.05, 4.69) is 5.32 Å². The Kier molecular flexibility index (Phi) is 7.26. The average Bonchev–Trinajstić information content (AvgIpc) is 2.59. The second kappa shape index (κ2) is 9.67. The maximum absolute atomic E-state index is 11.8. The number of aryl methyl sites for hydroxylation is 3. The van der Waals surface area contributed by atoms with E-state index in [1.165, 1.54) is 0 Å². The number of pyridine rings is 1. The number of nitrogens with one attached hydrogen (secondary N) is 1. The number of rotatable bonds is 9. The summed E-state index contributed by atoms with van der Waals surface area (Å²) < 4.78 is 7.37. The van der Waals surface area contributed by atoms with Crippen LogP contribution in [0.2, 0.25) is 0 Å². The molecule has 0 aliphatic carbocycles. The van der Waals surface area contributed by atoms with Gasteiger partial charge in [0, 0.05) is 25.4 Å².